The molecule has 1 aromatic rings. The minimum absolute atomic E-state index is 0.151. The van der Waals surface area contributed by atoms with Gasteiger partial charge in [-0.2, -0.15) is 0 Å². The Labute approximate surface area is 127 Å². The highest BCUT2D eigenvalue weighted by atomic mass is 16.5. The van der Waals surface area contributed by atoms with Crippen LogP contribution in [0, 0.1) is 17.8 Å². The summed E-state index contributed by atoms with van der Waals surface area (Å²) in [6.07, 6.45) is 9.97. The van der Waals surface area contributed by atoms with E-state index in [4.69, 9.17) is 11.2 Å². The van der Waals surface area contributed by atoms with Crippen LogP contribution in [0.15, 0.2) is 36.4 Å². The molecule has 1 fully saturated rings. The second-order valence-corrected chi connectivity index (χ2v) is 5.59. The van der Waals surface area contributed by atoms with Gasteiger partial charge < -0.3 is 4.74 Å². The van der Waals surface area contributed by atoms with Crippen LogP contribution in [0.3, 0.4) is 0 Å². The smallest absolute Gasteiger partial charge is 0.316 e. The maximum atomic E-state index is 12.6. The van der Waals surface area contributed by atoms with Gasteiger partial charge in [0.15, 0.2) is 0 Å². The van der Waals surface area contributed by atoms with Crippen molar-refractivity contribution in [3.63, 3.8) is 0 Å². The summed E-state index contributed by atoms with van der Waals surface area (Å²) in [6.45, 7) is 6.40. The van der Waals surface area contributed by atoms with Crippen molar-refractivity contribution in [2.75, 3.05) is 6.61 Å². The number of benzene rings is 1. The van der Waals surface area contributed by atoms with E-state index in [-0.39, 0.29) is 5.97 Å². The normalized spacial score (nSPS) is 21.6. The largest absolute Gasteiger partial charge is 0.465 e. The van der Waals surface area contributed by atoms with Crippen molar-refractivity contribution in [2.45, 2.75) is 39.0 Å². The Hall–Kier alpha value is -2.01. The van der Waals surface area contributed by atoms with Crippen molar-refractivity contribution in [3.8, 4) is 12.3 Å². The number of ether oxygens (including phenoxy) is 1. The van der Waals surface area contributed by atoms with E-state index in [1.54, 1.807) is 0 Å². The van der Waals surface area contributed by atoms with Gasteiger partial charge in [-0.15, -0.1) is 6.42 Å². The summed E-state index contributed by atoms with van der Waals surface area (Å²) < 4.78 is 5.35. The minimum atomic E-state index is -0.610. The molecule has 1 aromatic carbocycles. The van der Waals surface area contributed by atoms with Gasteiger partial charge >= 0.3 is 5.97 Å². The van der Waals surface area contributed by atoms with E-state index in [1.165, 1.54) is 0 Å². The first-order valence-corrected chi connectivity index (χ1v) is 7.54. The number of rotatable bonds is 4. The van der Waals surface area contributed by atoms with Crippen molar-refractivity contribution in [1.29, 1.82) is 0 Å². The maximum Gasteiger partial charge on any atom is 0.316 e. The fourth-order valence-corrected chi connectivity index (χ4v) is 3.12. The predicted molar refractivity (Wildman–Crippen MR) is 84.8 cm³/mol. The molecular formula is C19H22O2. The fourth-order valence-electron chi connectivity index (χ4n) is 3.12. The van der Waals surface area contributed by atoms with E-state index in [2.05, 4.69) is 12.5 Å². The molecule has 1 saturated carbocycles. The number of hydrogen-bond donors (Lipinski definition) is 0. The molecule has 1 aliphatic carbocycles. The van der Waals surface area contributed by atoms with Gasteiger partial charge in [-0.1, -0.05) is 42.7 Å². The highest BCUT2D eigenvalue weighted by Crippen LogP contribution is 2.44. The average molecular weight is 282 g/mol. The van der Waals surface area contributed by atoms with Gasteiger partial charge in [-0.25, -0.2) is 0 Å². The molecule has 0 radical (unpaired) electrons. The zero-order chi connectivity index (χ0) is 15.3. The molecule has 0 aromatic heterocycles. The number of terminal acetylenes is 1. The van der Waals surface area contributed by atoms with E-state index in [0.717, 1.165) is 42.4 Å². The van der Waals surface area contributed by atoms with Crippen molar-refractivity contribution in [3.05, 3.63) is 47.5 Å². The van der Waals surface area contributed by atoms with Crippen molar-refractivity contribution in [1.82, 2.24) is 0 Å². The van der Waals surface area contributed by atoms with Gasteiger partial charge in [-0.3, -0.25) is 4.79 Å². The Morgan fingerprint density at radius 1 is 1.43 bits per heavy atom. The highest BCUT2D eigenvalue weighted by molar-refractivity contribution is 5.81. The molecule has 0 amide bonds. The van der Waals surface area contributed by atoms with Crippen LogP contribution in [0.2, 0.25) is 0 Å². The van der Waals surface area contributed by atoms with E-state index < -0.39 is 5.41 Å². The van der Waals surface area contributed by atoms with Crippen LogP contribution in [0.1, 0.15) is 43.7 Å². The lowest BCUT2D eigenvalue weighted by Crippen LogP contribution is -2.39. The lowest BCUT2D eigenvalue weighted by molar-refractivity contribution is -0.154. The molecule has 0 N–H and O–H groups in total. The summed E-state index contributed by atoms with van der Waals surface area (Å²) in [5.74, 6) is 2.55. The van der Waals surface area contributed by atoms with Crippen LogP contribution >= 0.6 is 0 Å². The molecule has 2 rings (SSSR count). The number of carbonyl (C=O) groups is 1. The Bertz CT molecular complexity index is 579. The SMILES string of the molecule is C#Cc1ccccc1CC1(C(=O)OCC)CCCCC1=C. The Morgan fingerprint density at radius 3 is 2.86 bits per heavy atom. The minimum Gasteiger partial charge on any atom is -0.465 e. The Morgan fingerprint density at radius 2 is 2.19 bits per heavy atom. The van der Waals surface area contributed by atoms with Crippen molar-refractivity contribution < 1.29 is 9.53 Å². The molecule has 2 nitrogen and oxygen atoms in total. The average Bonchev–Trinajstić information content (AvgIpc) is 2.50. The molecule has 1 atom stereocenters. The number of esters is 1. The van der Waals surface area contributed by atoms with Crippen LogP contribution in [0.4, 0.5) is 0 Å². The third-order valence-corrected chi connectivity index (χ3v) is 4.34. The Balaban J connectivity index is 2.39. The topological polar surface area (TPSA) is 26.3 Å². The van der Waals surface area contributed by atoms with Crippen LogP contribution < -0.4 is 0 Å². The fraction of sp³-hybridized carbons (Fsp3) is 0.421. The molecule has 1 aliphatic rings. The molecule has 21 heavy (non-hydrogen) atoms. The zero-order valence-corrected chi connectivity index (χ0v) is 12.7. The van der Waals surface area contributed by atoms with Crippen LogP contribution in [0.5, 0.6) is 0 Å². The number of hydrogen-bond acceptors (Lipinski definition) is 2. The Kier molecular flexibility index (Phi) is 4.85. The highest BCUT2D eigenvalue weighted by Gasteiger charge is 2.44. The first kappa shape index (κ1) is 15.4. The molecular weight excluding hydrogens is 260 g/mol. The molecule has 0 bridgehead atoms. The van der Waals surface area contributed by atoms with Gasteiger partial charge in [-0.05, 0) is 44.2 Å². The monoisotopic (exact) mass is 282 g/mol. The summed E-state index contributed by atoms with van der Waals surface area (Å²) in [7, 11) is 0. The molecule has 0 spiro atoms. The number of carbonyl (C=O) groups excluding carboxylic acids is 1. The van der Waals surface area contributed by atoms with Crippen molar-refractivity contribution in [2.24, 2.45) is 5.41 Å². The van der Waals surface area contributed by atoms with Crippen LogP contribution in [-0.2, 0) is 16.0 Å². The second kappa shape index (κ2) is 6.63. The standard InChI is InChI=1S/C19H22O2/c1-4-16-11-6-7-12-17(16)14-19(18(20)21-5-2)13-9-8-10-15(19)3/h1,6-7,11-12H,3,5,8-10,13-14H2,2H3. The molecule has 110 valence electrons. The maximum absolute atomic E-state index is 12.6. The first-order chi connectivity index (χ1) is 10.1. The van der Waals surface area contributed by atoms with Gasteiger partial charge in [0.25, 0.3) is 0 Å². The predicted octanol–water partition coefficient (Wildman–Crippen LogP) is 3.89. The lowest BCUT2D eigenvalue weighted by atomic mass is 9.67. The quantitative estimate of drug-likeness (QED) is 0.476. The molecule has 0 heterocycles. The van der Waals surface area contributed by atoms with Gasteiger partial charge in [0.05, 0.1) is 12.0 Å². The van der Waals surface area contributed by atoms with Gasteiger partial charge in [0, 0.05) is 5.56 Å². The van der Waals surface area contributed by atoms with Gasteiger partial charge in [0.2, 0.25) is 0 Å². The van der Waals surface area contributed by atoms with E-state index in [9.17, 15) is 4.79 Å². The summed E-state index contributed by atoms with van der Waals surface area (Å²) in [5, 5.41) is 0. The molecule has 0 saturated heterocycles. The van der Waals surface area contributed by atoms with Gasteiger partial charge in [0.1, 0.15) is 0 Å². The summed E-state index contributed by atoms with van der Waals surface area (Å²) in [4.78, 5) is 12.6. The second-order valence-electron chi connectivity index (χ2n) is 5.59. The van der Waals surface area contributed by atoms with Crippen molar-refractivity contribution >= 4 is 5.97 Å². The molecule has 0 aliphatic heterocycles. The zero-order valence-electron chi connectivity index (χ0n) is 12.7. The van der Waals surface area contributed by atoms with E-state index in [1.807, 2.05) is 31.2 Å². The first-order valence-electron chi connectivity index (χ1n) is 7.54. The summed E-state index contributed by atoms with van der Waals surface area (Å²) in [6, 6.07) is 7.80. The summed E-state index contributed by atoms with van der Waals surface area (Å²) >= 11 is 0. The van der Waals surface area contributed by atoms with Crippen LogP contribution in [-0.4, -0.2) is 12.6 Å². The van der Waals surface area contributed by atoms with E-state index in [0.29, 0.717) is 13.0 Å². The molecule has 2 heteroatoms. The third-order valence-electron chi connectivity index (χ3n) is 4.34. The third kappa shape index (κ3) is 3.03. The molecule has 1 unspecified atom stereocenters. The lowest BCUT2D eigenvalue weighted by Gasteiger charge is -2.37. The summed E-state index contributed by atoms with van der Waals surface area (Å²) in [5.41, 5.74) is 2.25. The van der Waals surface area contributed by atoms with Crippen LogP contribution in [0.25, 0.3) is 0 Å². The van der Waals surface area contributed by atoms with E-state index >= 15 is 0 Å².